The van der Waals surface area contributed by atoms with Gasteiger partial charge in [-0.25, -0.2) is 9.98 Å². The SMILES string of the molecule is c1ccc2cc(-c3ccc(C4=NC(c5cccc6oc7c(-c8cccc9ccccc89)cccc7c56)=NC(c5ccc6ccccc6c5)N4)cc3)ccc2c1. The lowest BCUT2D eigenvalue weighted by Crippen LogP contribution is -2.33. The predicted octanol–water partition coefficient (Wildman–Crippen LogP) is 12.9. The molecule has 0 saturated carbocycles. The van der Waals surface area contributed by atoms with E-state index in [1.54, 1.807) is 0 Å². The van der Waals surface area contributed by atoms with Crippen LogP contribution in [-0.2, 0) is 0 Å². The van der Waals surface area contributed by atoms with Gasteiger partial charge in [0.2, 0.25) is 0 Å². The van der Waals surface area contributed by atoms with Gasteiger partial charge in [-0.15, -0.1) is 0 Å². The molecule has 10 aromatic rings. The van der Waals surface area contributed by atoms with Crippen LogP contribution in [0.1, 0.15) is 22.9 Å². The van der Waals surface area contributed by atoms with Gasteiger partial charge in [-0.05, 0) is 72.8 Å². The third-order valence-corrected chi connectivity index (χ3v) is 10.9. The Bertz CT molecular complexity index is 3180. The molecule has 0 amide bonds. The Balaban J connectivity index is 1.06. The number of benzene rings is 9. The first-order valence-electron chi connectivity index (χ1n) is 18.7. The van der Waals surface area contributed by atoms with Gasteiger partial charge >= 0.3 is 0 Å². The molecule has 1 aromatic heterocycles. The molecule has 1 unspecified atom stereocenters. The minimum atomic E-state index is -0.355. The largest absolute Gasteiger partial charge is 0.455 e. The molecule has 4 nitrogen and oxygen atoms in total. The van der Waals surface area contributed by atoms with Gasteiger partial charge in [-0.3, -0.25) is 0 Å². The standard InChI is InChI=1S/C51H33N3O/c1-3-13-37-30-39(28-24-32(37)10-1)34-22-26-36(27-23-34)49-52-50(40-29-25-33-11-2-4-14-38(33)31-40)54-51(53-49)45-20-9-21-46-47(45)44-19-8-18-43(48(44)55-46)42-17-7-15-35-12-5-6-16-41(35)42/h1-31,50H,(H,52,53,54). The Hall–Kier alpha value is -7.30. The lowest BCUT2D eigenvalue weighted by atomic mass is 9.96. The Labute approximate surface area is 317 Å². The number of furan rings is 1. The maximum absolute atomic E-state index is 6.75. The molecule has 0 radical (unpaired) electrons. The molecular formula is C51H33N3O. The number of aliphatic imine (C=N–C) groups is 2. The van der Waals surface area contributed by atoms with Crippen LogP contribution in [0.3, 0.4) is 0 Å². The highest BCUT2D eigenvalue weighted by molar-refractivity contribution is 6.23. The van der Waals surface area contributed by atoms with Crippen molar-refractivity contribution in [2.24, 2.45) is 9.98 Å². The first-order valence-corrected chi connectivity index (χ1v) is 18.7. The minimum Gasteiger partial charge on any atom is -0.455 e. The van der Waals surface area contributed by atoms with Crippen molar-refractivity contribution in [3.63, 3.8) is 0 Å². The van der Waals surface area contributed by atoms with E-state index in [0.717, 1.165) is 61.2 Å². The van der Waals surface area contributed by atoms with Crippen LogP contribution in [0.5, 0.6) is 0 Å². The fraction of sp³-hybridized carbons (Fsp3) is 0.0196. The molecule has 0 aliphatic carbocycles. The molecule has 2 heterocycles. The number of hydrogen-bond acceptors (Lipinski definition) is 4. The first kappa shape index (κ1) is 31.2. The van der Waals surface area contributed by atoms with Crippen molar-refractivity contribution in [1.29, 1.82) is 0 Å². The van der Waals surface area contributed by atoms with Crippen molar-refractivity contribution in [1.82, 2.24) is 5.32 Å². The lowest BCUT2D eigenvalue weighted by Gasteiger charge is -2.24. The number of nitrogens with one attached hydrogen (secondary N) is 1. The topological polar surface area (TPSA) is 49.9 Å². The van der Waals surface area contributed by atoms with Crippen LogP contribution in [0.4, 0.5) is 0 Å². The maximum atomic E-state index is 6.75. The highest BCUT2D eigenvalue weighted by Gasteiger charge is 2.24. The second-order valence-electron chi connectivity index (χ2n) is 14.2. The average molecular weight is 704 g/mol. The van der Waals surface area contributed by atoms with E-state index in [0.29, 0.717) is 5.84 Å². The summed E-state index contributed by atoms with van der Waals surface area (Å²) in [6.07, 6.45) is -0.355. The van der Waals surface area contributed by atoms with Gasteiger partial charge in [0.1, 0.15) is 23.2 Å². The Morgan fingerprint density at radius 1 is 0.436 bits per heavy atom. The summed E-state index contributed by atoms with van der Waals surface area (Å²) in [5.41, 5.74) is 9.20. The van der Waals surface area contributed by atoms with Crippen molar-refractivity contribution >= 4 is 65.9 Å². The molecule has 0 spiro atoms. The summed E-state index contributed by atoms with van der Waals surface area (Å²) >= 11 is 0. The zero-order valence-corrected chi connectivity index (χ0v) is 29.8. The number of hydrogen-bond donors (Lipinski definition) is 1. The van der Waals surface area contributed by atoms with E-state index in [4.69, 9.17) is 14.4 Å². The Morgan fingerprint density at radius 2 is 1.04 bits per heavy atom. The second kappa shape index (κ2) is 12.7. The van der Waals surface area contributed by atoms with Crippen LogP contribution in [0.15, 0.2) is 202 Å². The smallest absolute Gasteiger partial charge is 0.160 e. The number of rotatable bonds is 5. The molecule has 0 fully saturated rings. The number of fused-ring (bicyclic) bond motifs is 6. The van der Waals surface area contributed by atoms with Gasteiger partial charge in [-0.1, -0.05) is 170 Å². The molecule has 258 valence electrons. The number of nitrogens with zero attached hydrogens (tertiary/aromatic N) is 2. The zero-order valence-electron chi connectivity index (χ0n) is 29.8. The monoisotopic (exact) mass is 703 g/mol. The summed E-state index contributed by atoms with van der Waals surface area (Å²) in [4.78, 5) is 10.6. The first-order chi connectivity index (χ1) is 27.2. The molecule has 1 atom stereocenters. The van der Waals surface area contributed by atoms with Crippen molar-refractivity contribution < 1.29 is 4.42 Å². The van der Waals surface area contributed by atoms with E-state index >= 15 is 0 Å². The predicted molar refractivity (Wildman–Crippen MR) is 229 cm³/mol. The van der Waals surface area contributed by atoms with Crippen molar-refractivity contribution in [2.45, 2.75) is 6.17 Å². The van der Waals surface area contributed by atoms with E-state index in [1.807, 2.05) is 12.1 Å². The fourth-order valence-corrected chi connectivity index (χ4v) is 8.16. The van der Waals surface area contributed by atoms with E-state index in [2.05, 4.69) is 181 Å². The molecule has 1 aliphatic heterocycles. The summed E-state index contributed by atoms with van der Waals surface area (Å²) in [5.74, 6) is 1.43. The van der Waals surface area contributed by atoms with Crippen LogP contribution in [-0.4, -0.2) is 11.7 Å². The summed E-state index contributed by atoms with van der Waals surface area (Å²) in [6.45, 7) is 0. The molecule has 1 N–H and O–H groups in total. The van der Waals surface area contributed by atoms with Gasteiger partial charge in [0.05, 0.1) is 0 Å². The maximum Gasteiger partial charge on any atom is 0.160 e. The van der Waals surface area contributed by atoms with Gasteiger partial charge in [0.25, 0.3) is 0 Å². The highest BCUT2D eigenvalue weighted by Crippen LogP contribution is 2.40. The van der Waals surface area contributed by atoms with E-state index < -0.39 is 0 Å². The van der Waals surface area contributed by atoms with Gasteiger partial charge in [0.15, 0.2) is 5.84 Å². The zero-order chi connectivity index (χ0) is 36.3. The van der Waals surface area contributed by atoms with E-state index in [9.17, 15) is 0 Å². The second-order valence-corrected chi connectivity index (χ2v) is 14.2. The molecule has 0 saturated heterocycles. The van der Waals surface area contributed by atoms with Gasteiger partial charge in [0, 0.05) is 27.5 Å². The Morgan fingerprint density at radius 3 is 1.87 bits per heavy atom. The molecule has 4 heteroatoms. The number of amidine groups is 2. The summed E-state index contributed by atoms with van der Waals surface area (Å²) in [7, 11) is 0. The van der Waals surface area contributed by atoms with Crippen molar-refractivity contribution in [3.8, 4) is 22.3 Å². The van der Waals surface area contributed by atoms with Crippen LogP contribution in [0.2, 0.25) is 0 Å². The lowest BCUT2D eigenvalue weighted by molar-refractivity contribution is 0.669. The van der Waals surface area contributed by atoms with Crippen LogP contribution in [0.25, 0.3) is 76.5 Å². The normalized spacial score (nSPS) is 14.4. The fourth-order valence-electron chi connectivity index (χ4n) is 8.16. The van der Waals surface area contributed by atoms with Crippen LogP contribution in [0, 0.1) is 0 Å². The van der Waals surface area contributed by atoms with Crippen LogP contribution >= 0.6 is 0 Å². The quantitative estimate of drug-likeness (QED) is 0.194. The third-order valence-electron chi connectivity index (χ3n) is 10.9. The third kappa shape index (κ3) is 5.38. The molecule has 1 aliphatic rings. The summed E-state index contributed by atoms with van der Waals surface area (Å²) in [6, 6.07) is 66.4. The average Bonchev–Trinajstić information content (AvgIpc) is 3.65. The summed E-state index contributed by atoms with van der Waals surface area (Å²) in [5, 5.41) is 13.0. The molecular weight excluding hydrogens is 671 g/mol. The minimum absolute atomic E-state index is 0.355. The van der Waals surface area contributed by atoms with E-state index in [-0.39, 0.29) is 6.17 Å². The highest BCUT2D eigenvalue weighted by atomic mass is 16.3. The Kier molecular flexibility index (Phi) is 7.20. The van der Waals surface area contributed by atoms with E-state index in [1.165, 1.54) is 37.9 Å². The van der Waals surface area contributed by atoms with Gasteiger partial charge < -0.3 is 9.73 Å². The summed E-state index contributed by atoms with van der Waals surface area (Å²) < 4.78 is 6.75. The number of para-hydroxylation sites is 1. The van der Waals surface area contributed by atoms with Gasteiger partial charge in [-0.2, -0.15) is 0 Å². The molecule has 11 rings (SSSR count). The van der Waals surface area contributed by atoms with Crippen molar-refractivity contribution in [3.05, 3.63) is 205 Å². The molecule has 9 aromatic carbocycles. The molecule has 55 heavy (non-hydrogen) atoms. The van der Waals surface area contributed by atoms with Crippen molar-refractivity contribution in [2.75, 3.05) is 0 Å². The van der Waals surface area contributed by atoms with Crippen LogP contribution < -0.4 is 5.32 Å². The molecule has 0 bridgehead atoms.